The number of amides is 1. The van der Waals surface area contributed by atoms with E-state index in [1.165, 1.54) is 6.92 Å². The van der Waals surface area contributed by atoms with Crippen LogP contribution < -0.4 is 5.32 Å². The monoisotopic (exact) mass is 235 g/mol. The minimum Gasteiger partial charge on any atom is -0.324 e. The minimum absolute atomic E-state index is 0.143. The molecule has 0 fully saturated rings. The number of para-hydroxylation sites is 1. The molecule has 0 aliphatic rings. The van der Waals surface area contributed by atoms with E-state index >= 15 is 0 Å². The molecule has 2 rings (SSSR count). The maximum absolute atomic E-state index is 11.1. The zero-order valence-electron chi connectivity index (χ0n) is 8.64. The molecule has 4 nitrogen and oxygen atoms in total. The van der Waals surface area contributed by atoms with Crippen molar-refractivity contribution in [2.45, 2.75) is 6.92 Å². The molecule has 0 aliphatic heterocycles. The van der Waals surface area contributed by atoms with Gasteiger partial charge in [0.05, 0.1) is 10.7 Å². The molecule has 82 valence electrons. The first-order valence-electron chi connectivity index (χ1n) is 4.74. The molecule has 1 amide bonds. The highest BCUT2D eigenvalue weighted by Gasteiger charge is 2.10. The highest BCUT2D eigenvalue weighted by molar-refractivity contribution is 6.33. The van der Waals surface area contributed by atoms with E-state index < -0.39 is 0 Å². The van der Waals surface area contributed by atoms with Crippen LogP contribution in [0.4, 0.5) is 5.69 Å². The molecule has 1 aromatic carbocycles. The summed E-state index contributed by atoms with van der Waals surface area (Å²) in [7, 11) is 0. The third-order valence-electron chi connectivity index (χ3n) is 2.03. The summed E-state index contributed by atoms with van der Waals surface area (Å²) in [5, 5.41) is 7.35. The maximum Gasteiger partial charge on any atom is 0.221 e. The second kappa shape index (κ2) is 4.37. The molecule has 2 aromatic rings. The lowest BCUT2D eigenvalue weighted by atomic mass is 10.2. The van der Waals surface area contributed by atoms with Crippen LogP contribution in [0.25, 0.3) is 5.69 Å². The molecule has 0 unspecified atom stereocenters. The van der Waals surface area contributed by atoms with Gasteiger partial charge in [-0.3, -0.25) is 4.79 Å². The smallest absolute Gasteiger partial charge is 0.221 e. The van der Waals surface area contributed by atoms with Crippen LogP contribution >= 0.6 is 11.6 Å². The quantitative estimate of drug-likeness (QED) is 0.869. The molecule has 0 atom stereocenters. The van der Waals surface area contributed by atoms with Crippen LogP contribution in [-0.2, 0) is 4.79 Å². The molecule has 0 spiro atoms. The summed E-state index contributed by atoms with van der Waals surface area (Å²) in [6.45, 7) is 1.45. The molecular weight excluding hydrogens is 226 g/mol. The van der Waals surface area contributed by atoms with Crippen LogP contribution in [-0.4, -0.2) is 15.7 Å². The Balaban J connectivity index is 2.53. The van der Waals surface area contributed by atoms with Gasteiger partial charge in [0.25, 0.3) is 0 Å². The first kappa shape index (κ1) is 10.7. The highest BCUT2D eigenvalue weighted by atomic mass is 35.5. The number of halogens is 1. The second-order valence-electron chi connectivity index (χ2n) is 3.27. The van der Waals surface area contributed by atoms with Gasteiger partial charge in [-0.05, 0) is 18.2 Å². The second-order valence-corrected chi connectivity index (χ2v) is 3.68. The zero-order valence-corrected chi connectivity index (χ0v) is 9.40. The Morgan fingerprint density at radius 1 is 1.44 bits per heavy atom. The summed E-state index contributed by atoms with van der Waals surface area (Å²) in [6, 6.07) is 7.11. The Morgan fingerprint density at radius 2 is 2.25 bits per heavy atom. The van der Waals surface area contributed by atoms with Crippen LogP contribution in [0.3, 0.4) is 0 Å². The van der Waals surface area contributed by atoms with Gasteiger partial charge < -0.3 is 5.32 Å². The molecule has 0 saturated carbocycles. The molecule has 0 bridgehead atoms. The molecule has 0 radical (unpaired) electrons. The van der Waals surface area contributed by atoms with Gasteiger partial charge in [0.2, 0.25) is 5.91 Å². The van der Waals surface area contributed by atoms with Crippen molar-refractivity contribution < 1.29 is 4.79 Å². The third-order valence-corrected chi connectivity index (χ3v) is 2.34. The predicted octanol–water partition coefficient (Wildman–Crippen LogP) is 2.48. The van der Waals surface area contributed by atoms with Crippen LogP contribution in [0.2, 0.25) is 5.02 Å². The Bertz CT molecular complexity index is 508. The lowest BCUT2D eigenvalue weighted by Crippen LogP contribution is -2.09. The van der Waals surface area contributed by atoms with Crippen LogP contribution in [0.15, 0.2) is 36.7 Å². The van der Waals surface area contributed by atoms with E-state index in [-0.39, 0.29) is 5.91 Å². The van der Waals surface area contributed by atoms with Crippen molar-refractivity contribution in [3.8, 4) is 5.69 Å². The molecule has 0 saturated heterocycles. The molecule has 1 N–H and O–H groups in total. The normalized spacial score (nSPS) is 10.1. The number of nitrogens with zero attached hydrogens (tertiary/aromatic N) is 2. The number of benzene rings is 1. The van der Waals surface area contributed by atoms with Crippen LogP contribution in [0.1, 0.15) is 6.92 Å². The summed E-state index contributed by atoms with van der Waals surface area (Å²) in [5.74, 6) is -0.143. The van der Waals surface area contributed by atoms with Crippen LogP contribution in [0, 0.1) is 0 Å². The van der Waals surface area contributed by atoms with Crippen LogP contribution in [0.5, 0.6) is 0 Å². The molecule has 16 heavy (non-hydrogen) atoms. The molecule has 0 aliphatic carbocycles. The van der Waals surface area contributed by atoms with E-state index in [2.05, 4.69) is 10.4 Å². The van der Waals surface area contributed by atoms with E-state index in [0.717, 1.165) is 0 Å². The fourth-order valence-corrected chi connectivity index (χ4v) is 1.70. The number of hydrogen-bond acceptors (Lipinski definition) is 2. The van der Waals surface area contributed by atoms with Gasteiger partial charge in [-0.25, -0.2) is 4.68 Å². The first-order chi connectivity index (χ1) is 7.68. The predicted molar refractivity (Wildman–Crippen MR) is 62.9 cm³/mol. The number of nitrogens with one attached hydrogen (secondary N) is 1. The van der Waals surface area contributed by atoms with Gasteiger partial charge in [-0.1, -0.05) is 17.7 Å². The van der Waals surface area contributed by atoms with Crippen molar-refractivity contribution >= 4 is 23.2 Å². The lowest BCUT2D eigenvalue weighted by molar-refractivity contribution is -0.114. The molecule has 5 heteroatoms. The molecule has 1 heterocycles. The third kappa shape index (κ3) is 2.06. The largest absolute Gasteiger partial charge is 0.324 e. The standard InChI is InChI=1S/C11H10ClN3O/c1-8(16)14-10-5-2-4-9(12)11(10)15-7-3-6-13-15/h2-7H,1H3,(H,14,16). The van der Waals surface area contributed by atoms with Gasteiger partial charge in [-0.15, -0.1) is 0 Å². The van der Waals surface area contributed by atoms with Crippen molar-refractivity contribution in [2.75, 3.05) is 5.32 Å². The first-order valence-corrected chi connectivity index (χ1v) is 5.12. The fraction of sp³-hybridized carbons (Fsp3) is 0.0909. The molecular formula is C11H10ClN3O. The number of rotatable bonds is 2. The summed E-state index contributed by atoms with van der Waals surface area (Å²) >= 11 is 6.09. The summed E-state index contributed by atoms with van der Waals surface area (Å²) in [5.41, 5.74) is 1.31. The fourth-order valence-electron chi connectivity index (χ4n) is 1.44. The van der Waals surface area contributed by atoms with Crippen molar-refractivity contribution in [3.05, 3.63) is 41.7 Å². The summed E-state index contributed by atoms with van der Waals surface area (Å²) in [4.78, 5) is 11.1. The number of aromatic nitrogens is 2. The van der Waals surface area contributed by atoms with Crippen molar-refractivity contribution in [3.63, 3.8) is 0 Å². The van der Waals surface area contributed by atoms with Gasteiger partial charge in [-0.2, -0.15) is 5.10 Å². The Labute approximate surface area is 97.8 Å². The Kier molecular flexibility index (Phi) is 2.92. The minimum atomic E-state index is -0.143. The molecule has 1 aromatic heterocycles. The van der Waals surface area contributed by atoms with Gasteiger partial charge in [0.15, 0.2) is 0 Å². The van der Waals surface area contributed by atoms with E-state index in [9.17, 15) is 4.79 Å². The van der Waals surface area contributed by atoms with Crippen molar-refractivity contribution in [1.29, 1.82) is 0 Å². The van der Waals surface area contributed by atoms with Gasteiger partial charge >= 0.3 is 0 Å². The lowest BCUT2D eigenvalue weighted by Gasteiger charge is -2.11. The zero-order chi connectivity index (χ0) is 11.5. The number of carbonyl (C=O) groups excluding carboxylic acids is 1. The van der Waals surface area contributed by atoms with Crippen molar-refractivity contribution in [1.82, 2.24) is 9.78 Å². The SMILES string of the molecule is CC(=O)Nc1cccc(Cl)c1-n1cccn1. The average Bonchev–Trinajstić information content (AvgIpc) is 2.69. The Morgan fingerprint density at radius 3 is 2.88 bits per heavy atom. The van der Waals surface area contributed by atoms with E-state index in [1.807, 2.05) is 0 Å². The van der Waals surface area contributed by atoms with E-state index in [4.69, 9.17) is 11.6 Å². The number of anilines is 1. The number of hydrogen-bond donors (Lipinski definition) is 1. The summed E-state index contributed by atoms with van der Waals surface area (Å²) < 4.78 is 1.62. The topological polar surface area (TPSA) is 46.9 Å². The van der Waals surface area contributed by atoms with Gasteiger partial charge in [0, 0.05) is 19.3 Å². The van der Waals surface area contributed by atoms with Crippen molar-refractivity contribution in [2.24, 2.45) is 0 Å². The van der Waals surface area contributed by atoms with Gasteiger partial charge in [0.1, 0.15) is 5.69 Å². The average molecular weight is 236 g/mol. The maximum atomic E-state index is 11.1. The van der Waals surface area contributed by atoms with E-state index in [1.54, 1.807) is 41.3 Å². The Hall–Kier alpha value is -1.81. The highest BCUT2D eigenvalue weighted by Crippen LogP contribution is 2.27. The number of carbonyl (C=O) groups is 1. The summed E-state index contributed by atoms with van der Waals surface area (Å²) in [6.07, 6.45) is 3.42. The van der Waals surface area contributed by atoms with E-state index in [0.29, 0.717) is 16.4 Å².